The van der Waals surface area contributed by atoms with Gasteiger partial charge in [0.15, 0.2) is 6.19 Å². The number of halogens is 1. The molecule has 1 unspecified atom stereocenters. The summed E-state index contributed by atoms with van der Waals surface area (Å²) in [6, 6.07) is 12.3. The molecule has 0 bridgehead atoms. The van der Waals surface area contributed by atoms with Crippen LogP contribution in [0, 0.1) is 17.3 Å². The first-order valence-corrected chi connectivity index (χ1v) is 5.97. The van der Waals surface area contributed by atoms with E-state index in [9.17, 15) is 4.39 Å². The lowest BCUT2D eigenvalue weighted by Gasteiger charge is -2.28. The van der Waals surface area contributed by atoms with Crippen LogP contribution in [0.25, 0.3) is 11.1 Å². The molecule has 2 aromatic rings. The molecule has 0 aliphatic carbocycles. The van der Waals surface area contributed by atoms with Crippen LogP contribution in [0.5, 0.6) is 5.75 Å². The highest BCUT2D eigenvalue weighted by molar-refractivity contribution is 5.75. The minimum absolute atomic E-state index is 0.302. The molecule has 1 atom stereocenters. The van der Waals surface area contributed by atoms with Crippen LogP contribution >= 0.6 is 0 Å². The third kappa shape index (κ3) is 2.00. The Labute approximate surface area is 110 Å². The normalized spacial score (nSPS) is 15.7. The van der Waals surface area contributed by atoms with Crippen LogP contribution in [-0.4, -0.2) is 6.54 Å². The number of para-hydroxylation sites is 1. The molecule has 0 amide bonds. The number of fused-ring (bicyclic) bond motifs is 3. The van der Waals surface area contributed by atoms with Crippen LogP contribution < -0.4 is 10.1 Å². The topological polar surface area (TPSA) is 45.0 Å². The van der Waals surface area contributed by atoms with Gasteiger partial charge in [-0.15, -0.1) is 0 Å². The van der Waals surface area contributed by atoms with Crippen molar-refractivity contribution < 1.29 is 9.13 Å². The monoisotopic (exact) mass is 254 g/mol. The van der Waals surface area contributed by atoms with Gasteiger partial charge in [0.2, 0.25) is 0 Å². The third-order valence-electron chi connectivity index (χ3n) is 3.17. The van der Waals surface area contributed by atoms with Crippen molar-refractivity contribution in [3.63, 3.8) is 0 Å². The predicted octanol–water partition coefficient (Wildman–Crippen LogP) is 3.00. The second-order valence-electron chi connectivity index (χ2n) is 4.33. The van der Waals surface area contributed by atoms with Crippen LogP contribution in [0.2, 0.25) is 0 Å². The second kappa shape index (κ2) is 4.62. The maximum Gasteiger partial charge on any atom is 0.176 e. The molecule has 2 aromatic carbocycles. The number of nitrogens with one attached hydrogen (secondary N) is 1. The van der Waals surface area contributed by atoms with Crippen LogP contribution in [0.1, 0.15) is 11.7 Å². The lowest BCUT2D eigenvalue weighted by molar-refractivity contribution is 0.203. The highest BCUT2D eigenvalue weighted by atomic mass is 19.1. The molecular weight excluding hydrogens is 243 g/mol. The standard InChI is InChI=1S/C15H11FN2O/c16-10-5-6-11-12-3-1-2-4-14(12)19-15(8-18-9-17)13(11)7-10/h1-7,15,18H,8H2. The number of nitriles is 1. The Bertz CT molecular complexity index is 663. The fourth-order valence-electron chi connectivity index (χ4n) is 2.34. The van der Waals surface area contributed by atoms with Crippen molar-refractivity contribution in [1.29, 1.82) is 5.26 Å². The predicted molar refractivity (Wildman–Crippen MR) is 68.8 cm³/mol. The van der Waals surface area contributed by atoms with Crippen molar-refractivity contribution >= 4 is 0 Å². The third-order valence-corrected chi connectivity index (χ3v) is 3.17. The van der Waals surface area contributed by atoms with E-state index in [0.717, 1.165) is 22.4 Å². The number of hydrogen-bond donors (Lipinski definition) is 1. The van der Waals surface area contributed by atoms with Gasteiger partial charge in [-0.3, -0.25) is 0 Å². The van der Waals surface area contributed by atoms with Gasteiger partial charge in [0.05, 0.1) is 6.54 Å². The average molecular weight is 254 g/mol. The maximum atomic E-state index is 13.4. The van der Waals surface area contributed by atoms with Crippen LogP contribution in [-0.2, 0) is 0 Å². The molecule has 1 heterocycles. The minimum atomic E-state index is -0.361. The molecule has 0 saturated carbocycles. The van der Waals surface area contributed by atoms with Gasteiger partial charge in [-0.1, -0.05) is 24.3 Å². The van der Waals surface area contributed by atoms with Crippen LogP contribution in [0.15, 0.2) is 42.5 Å². The fourth-order valence-corrected chi connectivity index (χ4v) is 2.34. The summed E-state index contributed by atoms with van der Waals surface area (Å²) in [7, 11) is 0. The molecule has 1 N–H and O–H groups in total. The Balaban J connectivity index is 2.11. The Morgan fingerprint density at radius 2 is 2.05 bits per heavy atom. The van der Waals surface area contributed by atoms with Crippen molar-refractivity contribution in [1.82, 2.24) is 5.32 Å². The number of ether oxygens (including phenoxy) is 1. The van der Waals surface area contributed by atoms with Crippen LogP contribution in [0.3, 0.4) is 0 Å². The van der Waals surface area contributed by atoms with Crippen molar-refractivity contribution in [2.24, 2.45) is 0 Å². The average Bonchev–Trinajstić information content (AvgIpc) is 2.44. The number of hydrogen-bond acceptors (Lipinski definition) is 3. The summed E-state index contributed by atoms with van der Waals surface area (Å²) < 4.78 is 19.3. The molecule has 4 heteroatoms. The van der Waals surface area contributed by atoms with Gasteiger partial charge in [0, 0.05) is 11.1 Å². The molecule has 0 aromatic heterocycles. The number of benzene rings is 2. The van der Waals surface area contributed by atoms with E-state index in [1.54, 1.807) is 6.07 Å². The highest BCUT2D eigenvalue weighted by Crippen LogP contribution is 2.42. The molecule has 0 saturated heterocycles. The smallest absolute Gasteiger partial charge is 0.176 e. The highest BCUT2D eigenvalue weighted by Gasteiger charge is 2.25. The summed E-state index contributed by atoms with van der Waals surface area (Å²) in [6.07, 6.45) is 1.50. The molecule has 94 valence electrons. The zero-order valence-electron chi connectivity index (χ0n) is 10.1. The SMILES string of the molecule is N#CNCC1Oc2ccccc2-c2ccc(F)cc21. The van der Waals surface area contributed by atoms with E-state index in [2.05, 4.69) is 5.32 Å². The summed E-state index contributed by atoms with van der Waals surface area (Å²) in [5, 5.41) is 11.2. The summed E-state index contributed by atoms with van der Waals surface area (Å²) in [4.78, 5) is 0. The van der Waals surface area contributed by atoms with Gasteiger partial charge in [-0.25, -0.2) is 4.39 Å². The molecule has 1 aliphatic rings. The first kappa shape index (κ1) is 11.5. The van der Waals surface area contributed by atoms with Gasteiger partial charge in [-0.05, 0) is 23.8 Å². The Hall–Kier alpha value is -2.54. The Morgan fingerprint density at radius 3 is 2.89 bits per heavy atom. The van der Waals surface area contributed by atoms with Gasteiger partial charge in [0.1, 0.15) is 17.7 Å². The zero-order chi connectivity index (χ0) is 13.2. The largest absolute Gasteiger partial charge is 0.483 e. The maximum absolute atomic E-state index is 13.4. The summed E-state index contributed by atoms with van der Waals surface area (Å²) in [6.45, 7) is 0.321. The van der Waals surface area contributed by atoms with Gasteiger partial charge >= 0.3 is 0 Å². The van der Waals surface area contributed by atoms with E-state index in [4.69, 9.17) is 10.00 Å². The number of rotatable bonds is 2. The molecule has 3 rings (SSSR count). The lowest BCUT2D eigenvalue weighted by atomic mass is 9.92. The molecule has 0 fully saturated rings. The Kier molecular flexibility index (Phi) is 2.81. The van der Waals surface area contributed by atoms with Gasteiger partial charge in [-0.2, -0.15) is 5.26 Å². The quantitative estimate of drug-likeness (QED) is 0.662. The molecule has 19 heavy (non-hydrogen) atoms. The van der Waals surface area contributed by atoms with E-state index in [0.29, 0.717) is 6.54 Å². The minimum Gasteiger partial charge on any atom is -0.483 e. The zero-order valence-corrected chi connectivity index (χ0v) is 10.1. The van der Waals surface area contributed by atoms with E-state index in [1.165, 1.54) is 12.1 Å². The van der Waals surface area contributed by atoms with Gasteiger partial charge in [0.25, 0.3) is 0 Å². The van der Waals surface area contributed by atoms with Crippen LogP contribution in [0.4, 0.5) is 4.39 Å². The first-order valence-electron chi connectivity index (χ1n) is 5.97. The van der Waals surface area contributed by atoms with Crippen molar-refractivity contribution in [3.8, 4) is 23.1 Å². The summed E-state index contributed by atoms with van der Waals surface area (Å²) in [5.74, 6) is 0.454. The Morgan fingerprint density at radius 1 is 1.21 bits per heavy atom. The summed E-state index contributed by atoms with van der Waals surface area (Å²) >= 11 is 0. The molecule has 3 nitrogen and oxygen atoms in total. The number of nitrogens with zero attached hydrogens (tertiary/aromatic N) is 1. The molecular formula is C15H11FN2O. The van der Waals surface area contributed by atoms with E-state index < -0.39 is 0 Å². The fraction of sp³-hybridized carbons (Fsp3) is 0.133. The van der Waals surface area contributed by atoms with Gasteiger partial charge < -0.3 is 10.1 Å². The molecule has 1 aliphatic heterocycles. The van der Waals surface area contributed by atoms with Crippen molar-refractivity contribution in [3.05, 3.63) is 53.8 Å². The van der Waals surface area contributed by atoms with E-state index >= 15 is 0 Å². The second-order valence-corrected chi connectivity index (χ2v) is 4.33. The van der Waals surface area contributed by atoms with E-state index in [1.807, 2.05) is 30.5 Å². The van der Waals surface area contributed by atoms with Crippen molar-refractivity contribution in [2.45, 2.75) is 6.10 Å². The first-order chi connectivity index (χ1) is 9.29. The molecule has 0 spiro atoms. The lowest BCUT2D eigenvalue weighted by Crippen LogP contribution is -2.24. The van der Waals surface area contributed by atoms with Crippen molar-refractivity contribution in [2.75, 3.05) is 6.54 Å². The van der Waals surface area contributed by atoms with E-state index in [-0.39, 0.29) is 11.9 Å². The summed E-state index contributed by atoms with van der Waals surface area (Å²) in [5.41, 5.74) is 2.67. The molecule has 0 radical (unpaired) electrons.